The van der Waals surface area contributed by atoms with Crippen molar-refractivity contribution in [2.45, 2.75) is 51.7 Å². The standard InChI is InChI=1S/C13H25NO3/c1-9(13(16)17-3)10(2)14-8-11-6-4-5-7-12(11)15/h9-12,14-15H,4-8H2,1-3H3. The van der Waals surface area contributed by atoms with Crippen LogP contribution in [0.5, 0.6) is 0 Å². The highest BCUT2D eigenvalue weighted by Crippen LogP contribution is 2.23. The molecule has 0 spiro atoms. The molecule has 0 bridgehead atoms. The predicted molar refractivity (Wildman–Crippen MR) is 66.6 cm³/mol. The van der Waals surface area contributed by atoms with Crippen molar-refractivity contribution >= 4 is 5.97 Å². The fourth-order valence-electron chi connectivity index (χ4n) is 2.33. The van der Waals surface area contributed by atoms with Gasteiger partial charge in [-0.2, -0.15) is 0 Å². The molecule has 4 atom stereocenters. The van der Waals surface area contributed by atoms with Gasteiger partial charge in [0.05, 0.1) is 19.1 Å². The Hall–Kier alpha value is -0.610. The largest absolute Gasteiger partial charge is 0.469 e. The SMILES string of the molecule is COC(=O)C(C)C(C)NCC1CCCCC1O. The Balaban J connectivity index is 2.31. The van der Waals surface area contributed by atoms with Crippen molar-refractivity contribution in [2.75, 3.05) is 13.7 Å². The summed E-state index contributed by atoms with van der Waals surface area (Å²) in [6.45, 7) is 4.63. The summed E-state index contributed by atoms with van der Waals surface area (Å²) in [7, 11) is 1.41. The van der Waals surface area contributed by atoms with Gasteiger partial charge < -0.3 is 15.2 Å². The van der Waals surface area contributed by atoms with Crippen LogP contribution in [0.15, 0.2) is 0 Å². The lowest BCUT2D eigenvalue weighted by Crippen LogP contribution is -2.42. The number of methoxy groups -OCH3 is 1. The number of carbonyl (C=O) groups excluding carboxylic acids is 1. The number of rotatable bonds is 5. The minimum absolute atomic E-state index is 0.0802. The van der Waals surface area contributed by atoms with Gasteiger partial charge in [-0.1, -0.05) is 19.8 Å². The molecule has 1 aliphatic carbocycles. The topological polar surface area (TPSA) is 58.6 Å². The molecule has 1 aliphatic rings. The van der Waals surface area contributed by atoms with Crippen molar-refractivity contribution in [3.05, 3.63) is 0 Å². The molecule has 0 radical (unpaired) electrons. The van der Waals surface area contributed by atoms with E-state index in [0.29, 0.717) is 5.92 Å². The van der Waals surface area contributed by atoms with Crippen LogP contribution in [-0.2, 0) is 9.53 Å². The maximum absolute atomic E-state index is 11.4. The van der Waals surface area contributed by atoms with Gasteiger partial charge in [0, 0.05) is 12.6 Å². The third-order valence-corrected chi connectivity index (χ3v) is 3.89. The highest BCUT2D eigenvalue weighted by molar-refractivity contribution is 5.72. The number of nitrogens with one attached hydrogen (secondary N) is 1. The Bertz CT molecular complexity index is 245. The number of hydrogen-bond acceptors (Lipinski definition) is 4. The molecular weight excluding hydrogens is 218 g/mol. The molecule has 1 saturated carbocycles. The number of esters is 1. The molecule has 0 amide bonds. The van der Waals surface area contributed by atoms with Crippen LogP contribution in [-0.4, -0.2) is 36.9 Å². The van der Waals surface area contributed by atoms with Gasteiger partial charge in [0.1, 0.15) is 0 Å². The number of hydrogen-bond donors (Lipinski definition) is 2. The molecule has 1 fully saturated rings. The second kappa shape index (κ2) is 6.97. The lowest BCUT2D eigenvalue weighted by molar-refractivity contribution is -0.145. The highest BCUT2D eigenvalue weighted by atomic mass is 16.5. The van der Waals surface area contributed by atoms with Crippen LogP contribution in [0.4, 0.5) is 0 Å². The van der Waals surface area contributed by atoms with Crippen molar-refractivity contribution < 1.29 is 14.6 Å². The molecule has 0 aromatic rings. The van der Waals surface area contributed by atoms with Crippen LogP contribution in [0.1, 0.15) is 39.5 Å². The molecule has 17 heavy (non-hydrogen) atoms. The second-order valence-electron chi connectivity index (χ2n) is 5.12. The lowest BCUT2D eigenvalue weighted by atomic mass is 9.86. The van der Waals surface area contributed by atoms with Gasteiger partial charge in [0.2, 0.25) is 0 Å². The zero-order chi connectivity index (χ0) is 12.8. The number of aliphatic hydroxyl groups is 1. The monoisotopic (exact) mass is 243 g/mol. The van der Waals surface area contributed by atoms with Crippen LogP contribution >= 0.6 is 0 Å². The van der Waals surface area contributed by atoms with Gasteiger partial charge in [-0.05, 0) is 25.7 Å². The van der Waals surface area contributed by atoms with E-state index >= 15 is 0 Å². The molecule has 4 heteroatoms. The van der Waals surface area contributed by atoms with E-state index in [9.17, 15) is 9.90 Å². The van der Waals surface area contributed by atoms with Gasteiger partial charge in [-0.3, -0.25) is 4.79 Å². The van der Waals surface area contributed by atoms with Crippen molar-refractivity contribution in [1.29, 1.82) is 0 Å². The van der Waals surface area contributed by atoms with Crippen LogP contribution in [0.25, 0.3) is 0 Å². The average molecular weight is 243 g/mol. The first-order valence-electron chi connectivity index (χ1n) is 6.55. The smallest absolute Gasteiger partial charge is 0.309 e. The van der Waals surface area contributed by atoms with Crippen LogP contribution in [0.2, 0.25) is 0 Å². The van der Waals surface area contributed by atoms with E-state index in [0.717, 1.165) is 25.8 Å². The number of ether oxygens (including phenoxy) is 1. The first-order chi connectivity index (χ1) is 8.06. The minimum Gasteiger partial charge on any atom is -0.469 e. The normalized spacial score (nSPS) is 28.5. The summed E-state index contributed by atoms with van der Waals surface area (Å²) in [6.07, 6.45) is 4.13. The first-order valence-corrected chi connectivity index (χ1v) is 6.55. The lowest BCUT2D eigenvalue weighted by Gasteiger charge is -2.29. The molecule has 100 valence electrons. The van der Waals surface area contributed by atoms with Crippen molar-refractivity contribution in [3.63, 3.8) is 0 Å². The Labute approximate surface area is 104 Å². The number of carbonyl (C=O) groups is 1. The zero-order valence-corrected chi connectivity index (χ0v) is 11.1. The molecule has 0 aliphatic heterocycles. The number of aliphatic hydroxyl groups excluding tert-OH is 1. The van der Waals surface area contributed by atoms with E-state index in [1.165, 1.54) is 13.5 Å². The van der Waals surface area contributed by atoms with Gasteiger partial charge in [0.25, 0.3) is 0 Å². The van der Waals surface area contributed by atoms with Crippen LogP contribution < -0.4 is 5.32 Å². The summed E-state index contributed by atoms with van der Waals surface area (Å²) in [5.41, 5.74) is 0. The summed E-state index contributed by atoms with van der Waals surface area (Å²) >= 11 is 0. The molecule has 0 aromatic heterocycles. The molecule has 0 heterocycles. The fraction of sp³-hybridized carbons (Fsp3) is 0.923. The average Bonchev–Trinajstić information content (AvgIpc) is 2.35. The van der Waals surface area contributed by atoms with Crippen LogP contribution in [0.3, 0.4) is 0 Å². The maximum Gasteiger partial charge on any atom is 0.309 e. The third kappa shape index (κ3) is 4.28. The molecule has 4 unspecified atom stereocenters. The van der Waals surface area contributed by atoms with Crippen molar-refractivity contribution in [1.82, 2.24) is 5.32 Å². The third-order valence-electron chi connectivity index (χ3n) is 3.89. The fourth-order valence-corrected chi connectivity index (χ4v) is 2.33. The summed E-state index contributed by atoms with van der Waals surface area (Å²) in [5, 5.41) is 13.2. The molecule has 2 N–H and O–H groups in total. The van der Waals surface area contributed by atoms with E-state index in [-0.39, 0.29) is 24.0 Å². The molecule has 1 rings (SSSR count). The highest BCUT2D eigenvalue weighted by Gasteiger charge is 2.25. The summed E-state index contributed by atoms with van der Waals surface area (Å²) in [5.74, 6) is -0.00836. The molecule has 0 aromatic carbocycles. The van der Waals surface area contributed by atoms with Gasteiger partial charge >= 0.3 is 5.97 Å². The van der Waals surface area contributed by atoms with E-state index < -0.39 is 0 Å². The summed E-state index contributed by atoms with van der Waals surface area (Å²) < 4.78 is 4.72. The Morgan fingerprint density at radius 1 is 1.41 bits per heavy atom. The van der Waals surface area contributed by atoms with E-state index in [4.69, 9.17) is 4.74 Å². The molecule has 0 saturated heterocycles. The summed E-state index contributed by atoms with van der Waals surface area (Å²) in [4.78, 5) is 11.4. The Morgan fingerprint density at radius 3 is 2.65 bits per heavy atom. The second-order valence-corrected chi connectivity index (χ2v) is 5.12. The van der Waals surface area contributed by atoms with Gasteiger partial charge in [-0.15, -0.1) is 0 Å². The first kappa shape index (κ1) is 14.5. The zero-order valence-electron chi connectivity index (χ0n) is 11.1. The van der Waals surface area contributed by atoms with Crippen molar-refractivity contribution in [3.8, 4) is 0 Å². The minimum atomic E-state index is -0.186. The van der Waals surface area contributed by atoms with Gasteiger partial charge in [0.15, 0.2) is 0 Å². The summed E-state index contributed by atoms with van der Waals surface area (Å²) in [6, 6.07) is 0.0802. The van der Waals surface area contributed by atoms with E-state index in [2.05, 4.69) is 5.32 Å². The predicted octanol–water partition coefficient (Wildman–Crippen LogP) is 1.32. The van der Waals surface area contributed by atoms with E-state index in [1.54, 1.807) is 0 Å². The molecule has 4 nitrogen and oxygen atoms in total. The van der Waals surface area contributed by atoms with Gasteiger partial charge in [-0.25, -0.2) is 0 Å². The van der Waals surface area contributed by atoms with Crippen molar-refractivity contribution in [2.24, 2.45) is 11.8 Å². The van der Waals surface area contributed by atoms with E-state index in [1.807, 2.05) is 13.8 Å². The Kier molecular flexibility index (Phi) is 5.92. The Morgan fingerprint density at radius 2 is 2.06 bits per heavy atom. The maximum atomic E-state index is 11.4. The quantitative estimate of drug-likeness (QED) is 0.715. The molecular formula is C13H25NO3. The van der Waals surface area contributed by atoms with Crippen LogP contribution in [0, 0.1) is 11.8 Å².